The van der Waals surface area contributed by atoms with E-state index in [1.165, 1.54) is 28.6 Å². The van der Waals surface area contributed by atoms with Gasteiger partial charge < -0.3 is 4.42 Å². The Labute approximate surface area is 169 Å². The van der Waals surface area contributed by atoms with Crippen molar-refractivity contribution in [2.45, 2.75) is 25.7 Å². The molecular weight excluding hydrogens is 392 g/mol. The molecule has 0 saturated heterocycles. The first-order chi connectivity index (χ1) is 13.8. The third-order valence-corrected chi connectivity index (χ3v) is 6.43. The number of rotatable bonds is 7. The molecule has 3 rings (SSSR count). The fraction of sp³-hybridized carbons (Fsp3) is 0.250. The van der Waals surface area contributed by atoms with Crippen molar-refractivity contribution in [1.82, 2.24) is 14.5 Å². The van der Waals surface area contributed by atoms with Gasteiger partial charge in [0.2, 0.25) is 15.9 Å². The second-order valence-electron chi connectivity index (χ2n) is 6.35. The number of amides is 1. The molecule has 0 fully saturated rings. The summed E-state index contributed by atoms with van der Waals surface area (Å²) in [4.78, 5) is 12.6. The van der Waals surface area contributed by atoms with Crippen LogP contribution in [0.3, 0.4) is 0 Å². The lowest BCUT2D eigenvalue weighted by Gasteiger charge is -2.18. The summed E-state index contributed by atoms with van der Waals surface area (Å²) in [6.45, 7) is 6.26. The molecule has 1 aromatic heterocycles. The lowest BCUT2D eigenvalue weighted by atomic mass is 10.1. The number of benzene rings is 2. The van der Waals surface area contributed by atoms with E-state index in [1.54, 1.807) is 13.8 Å². The Balaban J connectivity index is 1.73. The van der Waals surface area contributed by atoms with Gasteiger partial charge in [-0.3, -0.25) is 10.1 Å². The summed E-state index contributed by atoms with van der Waals surface area (Å²) in [5.74, 6) is -0.180. The Morgan fingerprint density at radius 1 is 1.07 bits per heavy atom. The van der Waals surface area contributed by atoms with Crippen LogP contribution in [0.4, 0.5) is 6.01 Å². The molecule has 3 aromatic rings. The highest BCUT2D eigenvalue weighted by molar-refractivity contribution is 7.89. The van der Waals surface area contributed by atoms with Crippen LogP contribution in [0.2, 0.25) is 0 Å². The predicted octanol–water partition coefficient (Wildman–Crippen LogP) is 3.33. The molecule has 0 atom stereocenters. The summed E-state index contributed by atoms with van der Waals surface area (Å²) < 4.78 is 31.9. The van der Waals surface area contributed by atoms with Crippen LogP contribution in [-0.4, -0.2) is 41.9 Å². The van der Waals surface area contributed by atoms with Crippen molar-refractivity contribution in [3.05, 3.63) is 59.7 Å². The summed E-state index contributed by atoms with van der Waals surface area (Å²) >= 11 is 0. The Morgan fingerprint density at radius 3 is 2.38 bits per heavy atom. The van der Waals surface area contributed by atoms with Crippen molar-refractivity contribution in [3.63, 3.8) is 0 Å². The first-order valence-corrected chi connectivity index (χ1v) is 10.6. The van der Waals surface area contributed by atoms with E-state index in [2.05, 4.69) is 15.5 Å². The summed E-state index contributed by atoms with van der Waals surface area (Å²) in [5, 5.41) is 10.3. The van der Waals surface area contributed by atoms with Crippen LogP contribution in [0, 0.1) is 6.92 Å². The van der Waals surface area contributed by atoms with Gasteiger partial charge in [0, 0.05) is 24.2 Å². The number of hydrogen-bond donors (Lipinski definition) is 1. The van der Waals surface area contributed by atoms with Gasteiger partial charge in [-0.15, -0.1) is 5.10 Å². The molecule has 1 heterocycles. The summed E-state index contributed by atoms with van der Waals surface area (Å²) in [5.41, 5.74) is 2.08. The molecule has 0 aliphatic heterocycles. The van der Waals surface area contributed by atoms with E-state index in [0.717, 1.165) is 11.1 Å². The normalized spacial score (nSPS) is 11.6. The first kappa shape index (κ1) is 20.7. The van der Waals surface area contributed by atoms with Crippen LogP contribution in [0.1, 0.15) is 29.8 Å². The molecule has 0 spiro atoms. The monoisotopic (exact) mass is 414 g/mol. The fourth-order valence-electron chi connectivity index (χ4n) is 2.83. The van der Waals surface area contributed by atoms with E-state index in [4.69, 9.17) is 4.42 Å². The van der Waals surface area contributed by atoms with Gasteiger partial charge in [-0.05, 0) is 43.3 Å². The predicted molar refractivity (Wildman–Crippen MR) is 109 cm³/mol. The number of nitrogens with one attached hydrogen (secondary N) is 1. The van der Waals surface area contributed by atoms with Crippen molar-refractivity contribution in [2.24, 2.45) is 0 Å². The lowest BCUT2D eigenvalue weighted by molar-refractivity contribution is 0.102. The van der Waals surface area contributed by atoms with Crippen molar-refractivity contribution < 1.29 is 17.6 Å². The fourth-order valence-corrected chi connectivity index (χ4v) is 4.29. The van der Waals surface area contributed by atoms with Gasteiger partial charge in [-0.1, -0.05) is 36.6 Å². The van der Waals surface area contributed by atoms with Gasteiger partial charge in [-0.25, -0.2) is 8.42 Å². The number of anilines is 1. The molecule has 0 saturated carbocycles. The largest absolute Gasteiger partial charge is 0.403 e. The van der Waals surface area contributed by atoms with Crippen LogP contribution in [-0.2, 0) is 10.0 Å². The van der Waals surface area contributed by atoms with E-state index in [1.807, 2.05) is 31.2 Å². The van der Waals surface area contributed by atoms with Crippen LogP contribution < -0.4 is 5.32 Å². The van der Waals surface area contributed by atoms with Gasteiger partial charge in [0.25, 0.3) is 5.91 Å². The molecule has 1 amide bonds. The van der Waals surface area contributed by atoms with Gasteiger partial charge in [0.05, 0.1) is 4.90 Å². The summed E-state index contributed by atoms with van der Waals surface area (Å²) in [6, 6.07) is 13.2. The maximum atomic E-state index is 12.5. The van der Waals surface area contributed by atoms with Gasteiger partial charge >= 0.3 is 6.01 Å². The smallest absolute Gasteiger partial charge is 0.322 e. The minimum absolute atomic E-state index is 0.0358. The number of aryl methyl sites for hydroxylation is 1. The minimum atomic E-state index is -3.57. The lowest BCUT2D eigenvalue weighted by Crippen LogP contribution is -2.30. The zero-order valence-corrected chi connectivity index (χ0v) is 17.2. The average molecular weight is 414 g/mol. The summed E-state index contributed by atoms with van der Waals surface area (Å²) in [6.07, 6.45) is 0. The Bertz CT molecular complexity index is 1100. The third-order valence-electron chi connectivity index (χ3n) is 4.37. The zero-order chi connectivity index (χ0) is 21.0. The first-order valence-electron chi connectivity index (χ1n) is 9.17. The molecule has 2 aromatic carbocycles. The quantitative estimate of drug-likeness (QED) is 0.636. The number of aromatic nitrogens is 2. The van der Waals surface area contributed by atoms with Crippen molar-refractivity contribution >= 4 is 21.9 Å². The second kappa shape index (κ2) is 8.54. The van der Waals surface area contributed by atoms with E-state index in [0.29, 0.717) is 19.0 Å². The number of hydrogen-bond acceptors (Lipinski definition) is 6. The van der Waals surface area contributed by atoms with E-state index < -0.39 is 15.9 Å². The molecule has 152 valence electrons. The Morgan fingerprint density at radius 2 is 1.76 bits per heavy atom. The molecule has 9 heteroatoms. The van der Waals surface area contributed by atoms with Crippen molar-refractivity contribution in [2.75, 3.05) is 18.4 Å². The molecule has 0 radical (unpaired) electrons. The van der Waals surface area contributed by atoms with Crippen molar-refractivity contribution in [1.29, 1.82) is 0 Å². The molecular formula is C20H22N4O4S. The highest BCUT2D eigenvalue weighted by Gasteiger charge is 2.22. The van der Waals surface area contributed by atoms with Gasteiger partial charge in [-0.2, -0.15) is 4.31 Å². The number of carbonyl (C=O) groups excluding carboxylic acids is 1. The zero-order valence-electron chi connectivity index (χ0n) is 16.4. The molecule has 0 aliphatic carbocycles. The standard InChI is InChI=1S/C20H22N4O4S/c1-4-24(5-2)29(26,27)17-11-9-15(10-12-17)18(25)21-20-23-22-19(28-20)16-8-6-7-14(3)13-16/h6-13H,4-5H2,1-3H3,(H,21,23,25). The minimum Gasteiger partial charge on any atom is -0.403 e. The second-order valence-corrected chi connectivity index (χ2v) is 8.29. The highest BCUT2D eigenvalue weighted by Crippen LogP contribution is 2.21. The Hall–Kier alpha value is -3.04. The topological polar surface area (TPSA) is 105 Å². The molecule has 0 bridgehead atoms. The number of carbonyl (C=O) groups is 1. The Kier molecular flexibility index (Phi) is 6.09. The number of sulfonamides is 1. The van der Waals surface area contributed by atoms with Crippen LogP contribution in [0.25, 0.3) is 11.5 Å². The van der Waals surface area contributed by atoms with E-state index >= 15 is 0 Å². The molecule has 8 nitrogen and oxygen atoms in total. The van der Waals surface area contributed by atoms with E-state index in [-0.39, 0.29) is 16.5 Å². The molecule has 1 N–H and O–H groups in total. The maximum absolute atomic E-state index is 12.5. The highest BCUT2D eigenvalue weighted by atomic mass is 32.2. The SMILES string of the molecule is CCN(CC)S(=O)(=O)c1ccc(C(=O)Nc2nnc(-c3cccc(C)c3)o2)cc1. The van der Waals surface area contributed by atoms with Crippen LogP contribution in [0.15, 0.2) is 57.8 Å². The molecule has 29 heavy (non-hydrogen) atoms. The molecule has 0 unspecified atom stereocenters. The maximum Gasteiger partial charge on any atom is 0.322 e. The van der Waals surface area contributed by atoms with Crippen LogP contribution in [0.5, 0.6) is 0 Å². The average Bonchev–Trinajstić information content (AvgIpc) is 3.17. The number of nitrogens with zero attached hydrogens (tertiary/aromatic N) is 3. The summed E-state index contributed by atoms with van der Waals surface area (Å²) in [7, 11) is -3.57. The molecule has 0 aliphatic rings. The third kappa shape index (κ3) is 4.52. The van der Waals surface area contributed by atoms with Gasteiger partial charge in [0.15, 0.2) is 0 Å². The van der Waals surface area contributed by atoms with E-state index in [9.17, 15) is 13.2 Å². The van der Waals surface area contributed by atoms with Crippen molar-refractivity contribution in [3.8, 4) is 11.5 Å². The van der Waals surface area contributed by atoms with Gasteiger partial charge in [0.1, 0.15) is 0 Å². The van der Waals surface area contributed by atoms with Crippen LogP contribution >= 0.6 is 0 Å².